The summed E-state index contributed by atoms with van der Waals surface area (Å²) in [5.41, 5.74) is 3.11. The Morgan fingerprint density at radius 2 is 2.11 bits per heavy atom. The van der Waals surface area contributed by atoms with Crippen molar-refractivity contribution in [2.24, 2.45) is 0 Å². The maximum absolute atomic E-state index is 4.46. The molecule has 0 aliphatic rings. The molecule has 2 aromatic heterocycles. The normalized spacial score (nSPS) is 11.1. The predicted octanol–water partition coefficient (Wildman–Crippen LogP) is 1.27. The molecule has 0 aromatic carbocycles. The van der Waals surface area contributed by atoms with Crippen LogP contribution in [0.15, 0.2) is 10.7 Å². The van der Waals surface area contributed by atoms with Gasteiger partial charge in [0.05, 0.1) is 29.0 Å². The number of nitrogens with one attached hydrogen (secondary N) is 1. The third-order valence-corrected chi connectivity index (χ3v) is 3.93. The van der Waals surface area contributed by atoms with Crippen molar-refractivity contribution in [3.05, 3.63) is 27.8 Å². The van der Waals surface area contributed by atoms with Crippen LogP contribution < -0.4 is 5.32 Å². The Morgan fingerprint density at radius 1 is 1.33 bits per heavy atom. The summed E-state index contributed by atoms with van der Waals surface area (Å²) in [6.45, 7) is 6.35. The van der Waals surface area contributed by atoms with Gasteiger partial charge < -0.3 is 5.32 Å². The zero-order valence-corrected chi connectivity index (χ0v) is 12.4. The molecule has 1 N–H and O–H groups in total. The minimum absolute atomic E-state index is 0.742. The van der Waals surface area contributed by atoms with Crippen LogP contribution in [0, 0.1) is 13.8 Å². The van der Waals surface area contributed by atoms with Gasteiger partial charge in [-0.3, -0.25) is 9.36 Å². The highest BCUT2D eigenvalue weighted by molar-refractivity contribution is 9.10. The molecule has 0 unspecified atom stereocenters. The van der Waals surface area contributed by atoms with Crippen LogP contribution in [-0.4, -0.2) is 31.8 Å². The van der Waals surface area contributed by atoms with E-state index in [2.05, 4.69) is 43.6 Å². The van der Waals surface area contributed by atoms with E-state index in [0.717, 1.165) is 41.2 Å². The molecule has 2 heterocycles. The summed E-state index contributed by atoms with van der Waals surface area (Å²) < 4.78 is 4.91. The Kier molecular flexibility index (Phi) is 4.13. The molecule has 98 valence electrons. The van der Waals surface area contributed by atoms with Gasteiger partial charge in [0.2, 0.25) is 0 Å². The topological polar surface area (TPSA) is 60.6 Å². The van der Waals surface area contributed by atoms with Crippen molar-refractivity contribution in [1.29, 1.82) is 0 Å². The molecule has 0 amide bonds. The fraction of sp³-hybridized carbons (Fsp3) is 0.545. The highest BCUT2D eigenvalue weighted by Gasteiger charge is 2.08. The zero-order chi connectivity index (χ0) is 13.1. The van der Waals surface area contributed by atoms with Crippen LogP contribution in [0.3, 0.4) is 0 Å². The predicted molar refractivity (Wildman–Crippen MR) is 72.2 cm³/mol. The van der Waals surface area contributed by atoms with Crippen LogP contribution in [0.4, 0.5) is 0 Å². The minimum Gasteiger partial charge on any atom is -0.314 e. The van der Waals surface area contributed by atoms with E-state index >= 15 is 0 Å². The second kappa shape index (κ2) is 5.62. The summed E-state index contributed by atoms with van der Waals surface area (Å²) in [5.74, 6) is 0. The number of hydrogen-bond donors (Lipinski definition) is 1. The van der Waals surface area contributed by atoms with Gasteiger partial charge in [-0.05, 0) is 36.8 Å². The van der Waals surface area contributed by atoms with Gasteiger partial charge in [0.25, 0.3) is 0 Å². The lowest BCUT2D eigenvalue weighted by atomic mass is 10.4. The molecule has 7 heteroatoms. The molecule has 0 saturated carbocycles. The van der Waals surface area contributed by atoms with E-state index in [4.69, 9.17) is 0 Å². The number of aryl methyl sites for hydroxylation is 3. The van der Waals surface area contributed by atoms with Crippen LogP contribution in [0.25, 0.3) is 0 Å². The van der Waals surface area contributed by atoms with Crippen LogP contribution in [-0.2, 0) is 19.6 Å². The van der Waals surface area contributed by atoms with E-state index in [0.29, 0.717) is 0 Å². The van der Waals surface area contributed by atoms with Crippen LogP contribution in [0.5, 0.6) is 0 Å². The van der Waals surface area contributed by atoms with E-state index < -0.39 is 0 Å². The molecule has 6 nitrogen and oxygen atoms in total. The Morgan fingerprint density at radius 3 is 2.72 bits per heavy atom. The van der Waals surface area contributed by atoms with Crippen molar-refractivity contribution in [2.45, 2.75) is 33.5 Å². The third-order valence-electron chi connectivity index (χ3n) is 2.78. The Bertz CT molecular complexity index is 530. The first-order valence-corrected chi connectivity index (χ1v) is 6.64. The standard InChI is InChI=1S/C11H17BrN6/c1-8-11(12)9(2)18(15-8)5-4-17-7-10(6-13-3)14-16-17/h7,13H,4-6H2,1-3H3. The fourth-order valence-corrected chi connectivity index (χ4v) is 2.08. The summed E-state index contributed by atoms with van der Waals surface area (Å²) in [4.78, 5) is 0. The number of halogens is 1. The van der Waals surface area contributed by atoms with E-state index in [9.17, 15) is 0 Å². The Labute approximate surface area is 114 Å². The summed E-state index contributed by atoms with van der Waals surface area (Å²) in [7, 11) is 1.90. The highest BCUT2D eigenvalue weighted by Crippen LogP contribution is 2.19. The first-order chi connectivity index (χ1) is 8.61. The number of nitrogens with zero attached hydrogens (tertiary/aromatic N) is 5. The van der Waals surface area contributed by atoms with Gasteiger partial charge in [0.15, 0.2) is 0 Å². The van der Waals surface area contributed by atoms with Gasteiger partial charge in [0, 0.05) is 18.4 Å². The van der Waals surface area contributed by atoms with Crippen molar-refractivity contribution < 1.29 is 0 Å². The third kappa shape index (κ3) is 2.78. The minimum atomic E-state index is 0.742. The monoisotopic (exact) mass is 312 g/mol. The van der Waals surface area contributed by atoms with Crippen LogP contribution >= 0.6 is 15.9 Å². The lowest BCUT2D eigenvalue weighted by Crippen LogP contribution is -2.10. The lowest BCUT2D eigenvalue weighted by molar-refractivity contribution is 0.481. The van der Waals surface area contributed by atoms with Crippen LogP contribution in [0.1, 0.15) is 17.1 Å². The van der Waals surface area contributed by atoms with Gasteiger partial charge in [-0.15, -0.1) is 5.10 Å². The second-order valence-electron chi connectivity index (χ2n) is 4.21. The van der Waals surface area contributed by atoms with Crippen molar-refractivity contribution in [3.63, 3.8) is 0 Å². The maximum Gasteiger partial charge on any atom is 0.0964 e. The van der Waals surface area contributed by atoms with E-state index in [1.165, 1.54) is 0 Å². The molecule has 0 atom stereocenters. The molecule has 2 aromatic rings. The molecule has 0 fully saturated rings. The lowest BCUT2D eigenvalue weighted by Gasteiger charge is -2.03. The van der Waals surface area contributed by atoms with Gasteiger partial charge in [0.1, 0.15) is 0 Å². The Hall–Kier alpha value is -1.21. The summed E-state index contributed by atoms with van der Waals surface area (Å²) in [6.07, 6.45) is 1.96. The number of hydrogen-bond acceptors (Lipinski definition) is 4. The quantitative estimate of drug-likeness (QED) is 0.903. The first kappa shape index (κ1) is 13.2. The van der Waals surface area contributed by atoms with Gasteiger partial charge in [-0.25, -0.2) is 0 Å². The highest BCUT2D eigenvalue weighted by atomic mass is 79.9. The molecule has 0 saturated heterocycles. The van der Waals surface area contributed by atoms with Gasteiger partial charge in [-0.1, -0.05) is 5.21 Å². The molecule has 2 rings (SSSR count). The SMILES string of the molecule is CNCc1cn(CCn2nc(C)c(Br)c2C)nn1. The molecular formula is C11H17BrN6. The van der Waals surface area contributed by atoms with Crippen molar-refractivity contribution in [3.8, 4) is 0 Å². The average molecular weight is 313 g/mol. The molecule has 0 spiro atoms. The first-order valence-electron chi connectivity index (χ1n) is 5.85. The smallest absolute Gasteiger partial charge is 0.0964 e. The summed E-state index contributed by atoms with van der Waals surface area (Å²) >= 11 is 3.52. The second-order valence-corrected chi connectivity index (χ2v) is 5.00. The Balaban J connectivity index is 2.00. The molecule has 18 heavy (non-hydrogen) atoms. The van der Waals surface area contributed by atoms with E-state index in [1.54, 1.807) is 0 Å². The molecule has 0 radical (unpaired) electrons. The molecule has 0 aliphatic carbocycles. The van der Waals surface area contributed by atoms with Gasteiger partial charge >= 0.3 is 0 Å². The number of aromatic nitrogens is 5. The van der Waals surface area contributed by atoms with Crippen molar-refractivity contribution in [2.75, 3.05) is 7.05 Å². The summed E-state index contributed by atoms with van der Waals surface area (Å²) in [6, 6.07) is 0. The van der Waals surface area contributed by atoms with E-state index in [-0.39, 0.29) is 0 Å². The molecule has 0 bridgehead atoms. The van der Waals surface area contributed by atoms with Crippen LogP contribution in [0.2, 0.25) is 0 Å². The fourth-order valence-electron chi connectivity index (χ4n) is 1.80. The van der Waals surface area contributed by atoms with Gasteiger partial charge in [-0.2, -0.15) is 5.10 Å². The van der Waals surface area contributed by atoms with Crippen molar-refractivity contribution >= 4 is 15.9 Å². The largest absolute Gasteiger partial charge is 0.314 e. The molecular weight excluding hydrogens is 296 g/mol. The maximum atomic E-state index is 4.46. The average Bonchev–Trinajstić information content (AvgIpc) is 2.88. The van der Waals surface area contributed by atoms with E-state index in [1.807, 2.05) is 29.5 Å². The molecule has 0 aliphatic heterocycles. The zero-order valence-electron chi connectivity index (χ0n) is 10.8. The number of rotatable bonds is 5. The summed E-state index contributed by atoms with van der Waals surface area (Å²) in [5, 5.41) is 15.7. The van der Waals surface area contributed by atoms with Crippen molar-refractivity contribution in [1.82, 2.24) is 30.1 Å².